The van der Waals surface area contributed by atoms with Gasteiger partial charge in [-0.3, -0.25) is 4.99 Å². The number of rotatable bonds is 10. The van der Waals surface area contributed by atoms with Crippen molar-refractivity contribution in [3.05, 3.63) is 17.5 Å². The molecule has 0 aliphatic heterocycles. The molecule has 2 rings (SSSR count). The van der Waals surface area contributed by atoms with Crippen LogP contribution >= 0.6 is 35.3 Å². The number of sulfonamides is 1. The molecule has 1 saturated carbocycles. The van der Waals surface area contributed by atoms with Gasteiger partial charge in [-0.15, -0.1) is 35.3 Å². The van der Waals surface area contributed by atoms with Gasteiger partial charge >= 0.3 is 0 Å². The third-order valence-corrected chi connectivity index (χ3v) is 7.80. The van der Waals surface area contributed by atoms with Crippen molar-refractivity contribution in [2.24, 2.45) is 10.4 Å². The van der Waals surface area contributed by atoms with Gasteiger partial charge in [0.05, 0.1) is 0 Å². The summed E-state index contributed by atoms with van der Waals surface area (Å²) in [7, 11) is -3.43. The van der Waals surface area contributed by atoms with Crippen LogP contribution < -0.4 is 15.4 Å². The number of aliphatic hydroxyl groups is 1. The summed E-state index contributed by atoms with van der Waals surface area (Å²) in [5.41, 5.74) is 0.0934. The highest BCUT2D eigenvalue weighted by Crippen LogP contribution is 2.39. The summed E-state index contributed by atoms with van der Waals surface area (Å²) < 4.78 is 27.1. The standard InChI is InChI=1S/C18H32N4O3S2.HI/c1-2-19-17(21-15-18(10-13-23)8-4-3-5-9-18)20-11-12-22-27(24,25)16-7-6-14-26-16;/h6-7,14,22-23H,2-5,8-13,15H2,1H3,(H2,19,20,21);1H. The van der Waals surface area contributed by atoms with Crippen molar-refractivity contribution in [3.63, 3.8) is 0 Å². The molecule has 162 valence electrons. The monoisotopic (exact) mass is 544 g/mol. The minimum Gasteiger partial charge on any atom is -0.396 e. The second kappa shape index (κ2) is 13.0. The maximum absolute atomic E-state index is 12.1. The first-order chi connectivity index (χ1) is 13.0. The number of hydrogen-bond acceptors (Lipinski definition) is 5. The van der Waals surface area contributed by atoms with Crippen LogP contribution in [0, 0.1) is 5.41 Å². The molecule has 10 heteroatoms. The highest BCUT2D eigenvalue weighted by Gasteiger charge is 2.31. The van der Waals surface area contributed by atoms with Crippen molar-refractivity contribution >= 4 is 51.3 Å². The fourth-order valence-electron chi connectivity index (χ4n) is 3.47. The molecule has 0 bridgehead atoms. The summed E-state index contributed by atoms with van der Waals surface area (Å²) >= 11 is 1.20. The van der Waals surface area contributed by atoms with Crippen molar-refractivity contribution in [2.45, 2.75) is 49.7 Å². The molecule has 0 aromatic carbocycles. The highest BCUT2D eigenvalue weighted by molar-refractivity contribution is 14.0. The van der Waals surface area contributed by atoms with Crippen LogP contribution in [0.2, 0.25) is 0 Å². The zero-order valence-electron chi connectivity index (χ0n) is 16.4. The smallest absolute Gasteiger partial charge is 0.250 e. The van der Waals surface area contributed by atoms with E-state index in [1.54, 1.807) is 17.5 Å². The number of aliphatic hydroxyl groups excluding tert-OH is 1. The fourth-order valence-corrected chi connectivity index (χ4v) is 5.54. The lowest BCUT2D eigenvalue weighted by Crippen LogP contribution is -2.42. The van der Waals surface area contributed by atoms with Crippen LogP contribution in [0.15, 0.2) is 26.7 Å². The largest absolute Gasteiger partial charge is 0.396 e. The van der Waals surface area contributed by atoms with Crippen LogP contribution in [0.25, 0.3) is 0 Å². The molecule has 7 nitrogen and oxygen atoms in total. The fraction of sp³-hybridized carbons (Fsp3) is 0.722. The third-order valence-electron chi connectivity index (χ3n) is 4.94. The molecule has 28 heavy (non-hydrogen) atoms. The summed E-state index contributed by atoms with van der Waals surface area (Å²) in [4.78, 5) is 4.72. The van der Waals surface area contributed by atoms with Crippen LogP contribution in [0.5, 0.6) is 0 Å². The molecule has 1 aromatic rings. The normalized spacial score (nSPS) is 17.0. The van der Waals surface area contributed by atoms with Crippen LogP contribution in [-0.2, 0) is 10.0 Å². The molecule has 4 N–H and O–H groups in total. The van der Waals surface area contributed by atoms with E-state index < -0.39 is 10.0 Å². The van der Waals surface area contributed by atoms with E-state index in [2.05, 4.69) is 15.4 Å². The van der Waals surface area contributed by atoms with Gasteiger partial charge in [-0.25, -0.2) is 13.1 Å². The van der Waals surface area contributed by atoms with Gasteiger partial charge in [-0.2, -0.15) is 0 Å². The number of thiophene rings is 1. The molecule has 0 spiro atoms. The van der Waals surface area contributed by atoms with Gasteiger partial charge in [0.25, 0.3) is 0 Å². The second-order valence-corrected chi connectivity index (χ2v) is 9.93. The van der Waals surface area contributed by atoms with Gasteiger partial charge < -0.3 is 15.7 Å². The molecule has 1 aliphatic carbocycles. The summed E-state index contributed by atoms with van der Waals surface area (Å²) in [6.07, 6.45) is 6.66. The Morgan fingerprint density at radius 1 is 1.25 bits per heavy atom. The average Bonchev–Trinajstić information content (AvgIpc) is 3.20. The Balaban J connectivity index is 0.00000392. The van der Waals surface area contributed by atoms with Crippen molar-refractivity contribution in [1.82, 2.24) is 15.4 Å². The number of aliphatic imine (C=N–C) groups is 1. The van der Waals surface area contributed by atoms with Crippen LogP contribution in [-0.4, -0.2) is 52.3 Å². The maximum atomic E-state index is 12.1. The predicted octanol–water partition coefficient (Wildman–Crippen LogP) is 2.53. The molecule has 1 aliphatic rings. The topological polar surface area (TPSA) is 103 Å². The molecule has 0 saturated heterocycles. The summed E-state index contributed by atoms with van der Waals surface area (Å²) in [5, 5.41) is 17.6. The second-order valence-electron chi connectivity index (χ2n) is 6.99. The van der Waals surface area contributed by atoms with E-state index in [-0.39, 0.29) is 42.5 Å². The molecule has 0 amide bonds. The van der Waals surface area contributed by atoms with Crippen molar-refractivity contribution in [2.75, 3.05) is 32.8 Å². The van der Waals surface area contributed by atoms with Crippen molar-refractivity contribution < 1.29 is 13.5 Å². The first-order valence-corrected chi connectivity index (χ1v) is 12.0. The Morgan fingerprint density at radius 3 is 2.61 bits per heavy atom. The Bertz CT molecular complexity index is 670. The number of nitrogens with zero attached hydrogens (tertiary/aromatic N) is 1. The number of nitrogens with one attached hydrogen (secondary N) is 3. The molecule has 0 atom stereocenters. The van der Waals surface area contributed by atoms with Crippen molar-refractivity contribution in [3.8, 4) is 0 Å². The Morgan fingerprint density at radius 2 is 2.00 bits per heavy atom. The van der Waals surface area contributed by atoms with E-state index >= 15 is 0 Å². The van der Waals surface area contributed by atoms with E-state index in [0.717, 1.165) is 25.8 Å². The minimum absolute atomic E-state index is 0. The molecule has 1 heterocycles. The molecular formula is C18H33IN4O3S2. The average molecular weight is 545 g/mol. The van der Waals surface area contributed by atoms with Gasteiger partial charge in [0.2, 0.25) is 10.0 Å². The first-order valence-electron chi connectivity index (χ1n) is 9.67. The molecule has 1 aromatic heterocycles. The molecule has 1 fully saturated rings. The van der Waals surface area contributed by atoms with Crippen LogP contribution in [0.3, 0.4) is 0 Å². The summed E-state index contributed by atoms with van der Waals surface area (Å²) in [6, 6.07) is 3.32. The molecular weight excluding hydrogens is 511 g/mol. The minimum atomic E-state index is -3.43. The Labute approximate surface area is 189 Å². The van der Waals surface area contributed by atoms with Gasteiger partial charge in [0.15, 0.2) is 5.96 Å². The zero-order valence-corrected chi connectivity index (χ0v) is 20.4. The van der Waals surface area contributed by atoms with E-state index in [9.17, 15) is 13.5 Å². The quantitative estimate of drug-likeness (QED) is 0.157. The Kier molecular flexibility index (Phi) is 11.9. The van der Waals surface area contributed by atoms with Crippen molar-refractivity contribution in [1.29, 1.82) is 0 Å². The van der Waals surface area contributed by atoms with E-state index in [1.165, 1.54) is 30.6 Å². The lowest BCUT2D eigenvalue weighted by Gasteiger charge is -2.35. The molecule has 0 unspecified atom stereocenters. The van der Waals surface area contributed by atoms with Crippen LogP contribution in [0.4, 0.5) is 0 Å². The SMILES string of the molecule is CCNC(=NCC1(CCO)CCCCC1)NCCNS(=O)(=O)c1cccs1.I. The van der Waals surface area contributed by atoms with Gasteiger partial charge in [0.1, 0.15) is 4.21 Å². The van der Waals surface area contributed by atoms with Gasteiger partial charge in [-0.05, 0) is 43.0 Å². The third kappa shape index (κ3) is 8.13. The number of guanidine groups is 1. The number of hydrogen-bond donors (Lipinski definition) is 4. The molecule has 0 radical (unpaired) electrons. The number of halogens is 1. The van der Waals surface area contributed by atoms with Gasteiger partial charge in [0, 0.05) is 32.8 Å². The summed E-state index contributed by atoms with van der Waals surface area (Å²) in [5.74, 6) is 0.690. The Hall–Kier alpha value is -0.430. The highest BCUT2D eigenvalue weighted by atomic mass is 127. The van der Waals surface area contributed by atoms with Gasteiger partial charge in [-0.1, -0.05) is 25.3 Å². The zero-order chi connectivity index (χ0) is 19.6. The summed E-state index contributed by atoms with van der Waals surface area (Å²) in [6.45, 7) is 4.35. The van der Waals surface area contributed by atoms with E-state index in [4.69, 9.17) is 4.99 Å². The van der Waals surface area contributed by atoms with E-state index in [1.807, 2.05) is 6.92 Å². The lowest BCUT2D eigenvalue weighted by atomic mass is 9.72. The van der Waals surface area contributed by atoms with Crippen LogP contribution in [0.1, 0.15) is 45.4 Å². The maximum Gasteiger partial charge on any atom is 0.250 e. The lowest BCUT2D eigenvalue weighted by molar-refractivity contribution is 0.137. The first kappa shape index (κ1) is 25.6. The predicted molar refractivity (Wildman–Crippen MR) is 126 cm³/mol. The van der Waals surface area contributed by atoms with E-state index in [0.29, 0.717) is 23.3 Å².